The van der Waals surface area contributed by atoms with Crippen LogP contribution in [0.2, 0.25) is 4.44 Å². The molecule has 2 radical (unpaired) electrons. The summed E-state index contributed by atoms with van der Waals surface area (Å²) in [5.74, 6) is 0.155. The van der Waals surface area contributed by atoms with E-state index in [1.54, 1.807) is 0 Å². The van der Waals surface area contributed by atoms with Crippen LogP contribution >= 0.6 is 0 Å². The van der Waals surface area contributed by atoms with E-state index in [9.17, 15) is 0 Å². The Labute approximate surface area is 56.6 Å². The van der Waals surface area contributed by atoms with Crippen molar-refractivity contribution in [2.24, 2.45) is 5.92 Å². The van der Waals surface area contributed by atoms with Crippen LogP contribution in [0, 0.1) is 5.92 Å². The molecule has 0 fully saturated rings. The Morgan fingerprint density at radius 2 is 1.71 bits per heavy atom. The minimum atomic E-state index is 0.137. The zero-order chi connectivity index (χ0) is 5.70. The van der Waals surface area contributed by atoms with E-state index in [1.807, 2.05) is 0 Å². The van der Waals surface area contributed by atoms with Crippen LogP contribution in [-0.2, 0) is 0 Å². The summed E-state index contributed by atoms with van der Waals surface area (Å²) in [5.41, 5.74) is 0. The molecule has 42 valence electrons. The van der Waals surface area contributed by atoms with Gasteiger partial charge < -0.3 is 0 Å². The molecule has 0 bridgehead atoms. The van der Waals surface area contributed by atoms with Gasteiger partial charge in [0.2, 0.25) is 0 Å². The normalized spacial score (nSPS) is 10.3. The third kappa shape index (κ3) is 3.31. The van der Waals surface area contributed by atoms with Gasteiger partial charge in [-0.1, -0.05) is 0 Å². The number of aliphatic hydroxyl groups excluding tert-OH is 2. The first-order valence-electron chi connectivity index (χ1n) is 2.27. The third-order valence-corrected chi connectivity index (χ3v) is 2.75. The van der Waals surface area contributed by atoms with Crippen LogP contribution < -0.4 is 0 Å². The Balaban J connectivity index is 2.99. The van der Waals surface area contributed by atoms with Crippen molar-refractivity contribution in [2.45, 2.75) is 4.44 Å². The zero-order valence-electron chi connectivity index (χ0n) is 4.17. The van der Waals surface area contributed by atoms with Gasteiger partial charge in [0.25, 0.3) is 0 Å². The predicted octanol–water partition coefficient (Wildman–Crippen LogP) is -1.09. The van der Waals surface area contributed by atoms with Crippen molar-refractivity contribution in [3.8, 4) is 0 Å². The van der Waals surface area contributed by atoms with Crippen molar-refractivity contribution in [2.75, 3.05) is 13.2 Å². The van der Waals surface area contributed by atoms with Gasteiger partial charge in [0, 0.05) is 0 Å². The van der Waals surface area contributed by atoms with E-state index >= 15 is 0 Å². The van der Waals surface area contributed by atoms with Crippen molar-refractivity contribution in [3.05, 3.63) is 0 Å². The maximum absolute atomic E-state index is 8.39. The van der Waals surface area contributed by atoms with Crippen LogP contribution in [0.25, 0.3) is 0 Å². The third-order valence-electron chi connectivity index (χ3n) is 0.850. The summed E-state index contributed by atoms with van der Waals surface area (Å²) in [4.78, 5) is 0. The Kier molecular flexibility index (Phi) is 5.37. The van der Waals surface area contributed by atoms with Crippen molar-refractivity contribution < 1.29 is 10.2 Å². The summed E-state index contributed by atoms with van der Waals surface area (Å²) in [7, 11) is 0. The first kappa shape index (κ1) is 7.72. The van der Waals surface area contributed by atoms with Gasteiger partial charge in [0.05, 0.1) is 0 Å². The fraction of sp³-hybridized carbons (Fsp3) is 1.00. The first-order chi connectivity index (χ1) is 3.35. The van der Waals surface area contributed by atoms with E-state index in [0.717, 1.165) is 27.0 Å². The van der Waals surface area contributed by atoms with Gasteiger partial charge in [-0.25, -0.2) is 0 Å². The second kappa shape index (κ2) is 4.87. The van der Waals surface area contributed by atoms with E-state index in [0.29, 0.717) is 0 Å². The summed E-state index contributed by atoms with van der Waals surface area (Å²) in [5, 5.41) is 16.8. The SMILES string of the molecule is OCC(CO)[CH2][SnH]. The molecule has 0 aliphatic carbocycles. The molecule has 0 aromatic rings. The van der Waals surface area contributed by atoms with Crippen molar-refractivity contribution in [1.29, 1.82) is 0 Å². The molecule has 0 unspecified atom stereocenters. The zero-order valence-corrected chi connectivity index (χ0v) is 7.47. The average Bonchev–Trinajstić information content (AvgIpc) is 1.72. The van der Waals surface area contributed by atoms with Gasteiger partial charge in [-0.2, -0.15) is 0 Å². The maximum atomic E-state index is 8.39. The minimum absolute atomic E-state index is 0.137. The topological polar surface area (TPSA) is 40.5 Å². The molecule has 2 N–H and O–H groups in total. The molecule has 0 spiro atoms. The molecule has 2 nitrogen and oxygen atoms in total. The Morgan fingerprint density at radius 3 is 1.71 bits per heavy atom. The molecular formula is C4H10O2Sn. The molecule has 0 saturated carbocycles. The molecule has 0 rings (SSSR count). The number of hydrogen-bond donors (Lipinski definition) is 2. The van der Waals surface area contributed by atoms with Gasteiger partial charge in [-0.05, 0) is 0 Å². The van der Waals surface area contributed by atoms with Crippen LogP contribution in [0.4, 0.5) is 0 Å². The molecule has 0 aliphatic heterocycles. The van der Waals surface area contributed by atoms with Gasteiger partial charge in [0.15, 0.2) is 0 Å². The van der Waals surface area contributed by atoms with Crippen molar-refractivity contribution >= 4 is 22.5 Å². The standard InChI is InChI=1S/C4H9O2.Sn.H/c1-4(2-5)3-6;;/h4-6H,1-3H2;;. The fourth-order valence-electron chi connectivity index (χ4n) is 0.207. The molecule has 0 aliphatic rings. The summed E-state index contributed by atoms with van der Waals surface area (Å²) in [6, 6.07) is 0. The molecule has 0 amide bonds. The van der Waals surface area contributed by atoms with E-state index in [-0.39, 0.29) is 19.1 Å². The fourth-order valence-corrected chi connectivity index (χ4v) is 1.06. The number of hydrogen-bond acceptors (Lipinski definition) is 2. The quantitative estimate of drug-likeness (QED) is 0.579. The van der Waals surface area contributed by atoms with Crippen molar-refractivity contribution in [3.63, 3.8) is 0 Å². The molecule has 0 aromatic carbocycles. The van der Waals surface area contributed by atoms with E-state index in [1.165, 1.54) is 0 Å². The van der Waals surface area contributed by atoms with Crippen molar-refractivity contribution in [1.82, 2.24) is 0 Å². The Hall–Kier alpha value is 0.719. The molecule has 0 aromatic heterocycles. The summed E-state index contributed by atoms with van der Waals surface area (Å²) in [6.45, 7) is 0.273. The molecular weight excluding hydrogens is 199 g/mol. The van der Waals surface area contributed by atoms with Crippen LogP contribution in [-0.4, -0.2) is 46.0 Å². The first-order valence-corrected chi connectivity index (χ1v) is 4.60. The molecule has 0 saturated heterocycles. The summed E-state index contributed by atoms with van der Waals surface area (Å²) >= 11 is 1.13. The molecule has 0 atom stereocenters. The second-order valence-electron chi connectivity index (χ2n) is 1.47. The summed E-state index contributed by atoms with van der Waals surface area (Å²) in [6.07, 6.45) is 0. The van der Waals surface area contributed by atoms with E-state index in [2.05, 4.69) is 0 Å². The van der Waals surface area contributed by atoms with E-state index in [4.69, 9.17) is 10.2 Å². The molecule has 7 heavy (non-hydrogen) atoms. The van der Waals surface area contributed by atoms with Crippen LogP contribution in [0.15, 0.2) is 0 Å². The Morgan fingerprint density at radius 1 is 1.29 bits per heavy atom. The van der Waals surface area contributed by atoms with Gasteiger partial charge in [-0.15, -0.1) is 0 Å². The monoisotopic (exact) mass is 210 g/mol. The average molecular weight is 209 g/mol. The number of rotatable bonds is 3. The molecule has 3 heteroatoms. The van der Waals surface area contributed by atoms with Crippen LogP contribution in [0.1, 0.15) is 0 Å². The number of aliphatic hydroxyl groups is 2. The van der Waals surface area contributed by atoms with Gasteiger partial charge >= 0.3 is 56.3 Å². The predicted molar refractivity (Wildman–Crippen MR) is 29.6 cm³/mol. The van der Waals surface area contributed by atoms with Gasteiger partial charge in [-0.3, -0.25) is 0 Å². The van der Waals surface area contributed by atoms with E-state index < -0.39 is 0 Å². The van der Waals surface area contributed by atoms with Crippen LogP contribution in [0.3, 0.4) is 0 Å². The van der Waals surface area contributed by atoms with Gasteiger partial charge in [0.1, 0.15) is 0 Å². The Bertz CT molecular complexity index is 31.2. The molecule has 0 heterocycles. The van der Waals surface area contributed by atoms with Crippen LogP contribution in [0.5, 0.6) is 0 Å². The summed E-state index contributed by atoms with van der Waals surface area (Å²) < 4.78 is 0.984. The second-order valence-corrected chi connectivity index (χ2v) is 2.81.